The highest BCUT2D eigenvalue weighted by Gasteiger charge is 2.12. The summed E-state index contributed by atoms with van der Waals surface area (Å²) in [7, 11) is 0. The van der Waals surface area contributed by atoms with Gasteiger partial charge in [0, 0.05) is 33.9 Å². The van der Waals surface area contributed by atoms with Gasteiger partial charge in [0.1, 0.15) is 0 Å². The van der Waals surface area contributed by atoms with Crippen LogP contribution in [-0.4, -0.2) is 15.5 Å². The number of nitrogens with one attached hydrogen (secondary N) is 1. The zero-order chi connectivity index (χ0) is 15.5. The van der Waals surface area contributed by atoms with Gasteiger partial charge < -0.3 is 5.32 Å². The standard InChI is InChI=1S/C16H20ClN3S/c1-11-7-8-18-15(20-11)21-14-6-5-13(17)9-12(14)10-19-16(2,3)4/h5-9,19H,10H2,1-4H3. The van der Waals surface area contributed by atoms with Crippen LogP contribution in [0.3, 0.4) is 0 Å². The molecule has 0 aliphatic rings. The summed E-state index contributed by atoms with van der Waals surface area (Å²) in [5.41, 5.74) is 2.19. The third kappa shape index (κ3) is 5.30. The lowest BCUT2D eigenvalue weighted by Gasteiger charge is -2.21. The molecule has 0 aliphatic carbocycles. The largest absolute Gasteiger partial charge is 0.308 e. The normalized spacial score (nSPS) is 11.7. The summed E-state index contributed by atoms with van der Waals surface area (Å²) in [5, 5.41) is 4.99. The third-order valence-electron chi connectivity index (χ3n) is 2.81. The van der Waals surface area contributed by atoms with Crippen molar-refractivity contribution in [2.75, 3.05) is 0 Å². The highest BCUT2D eigenvalue weighted by molar-refractivity contribution is 7.99. The van der Waals surface area contributed by atoms with Crippen molar-refractivity contribution >= 4 is 23.4 Å². The van der Waals surface area contributed by atoms with Gasteiger partial charge >= 0.3 is 0 Å². The first kappa shape index (κ1) is 16.3. The van der Waals surface area contributed by atoms with E-state index in [4.69, 9.17) is 11.6 Å². The quantitative estimate of drug-likeness (QED) is 0.843. The van der Waals surface area contributed by atoms with Gasteiger partial charge in [0.15, 0.2) is 5.16 Å². The van der Waals surface area contributed by atoms with Crippen LogP contribution in [0, 0.1) is 6.92 Å². The zero-order valence-corrected chi connectivity index (χ0v) is 14.3. The number of aromatic nitrogens is 2. The lowest BCUT2D eigenvalue weighted by Crippen LogP contribution is -2.35. The average Bonchev–Trinajstić information content (AvgIpc) is 2.38. The average molecular weight is 322 g/mol. The van der Waals surface area contributed by atoms with Gasteiger partial charge in [0.25, 0.3) is 0 Å². The van der Waals surface area contributed by atoms with E-state index in [0.29, 0.717) is 0 Å². The minimum absolute atomic E-state index is 0.0596. The van der Waals surface area contributed by atoms with Crippen LogP contribution in [0.2, 0.25) is 5.02 Å². The fourth-order valence-electron chi connectivity index (χ4n) is 1.72. The van der Waals surface area contributed by atoms with E-state index in [1.165, 1.54) is 0 Å². The summed E-state index contributed by atoms with van der Waals surface area (Å²) in [6.45, 7) is 9.17. The maximum atomic E-state index is 6.13. The maximum Gasteiger partial charge on any atom is 0.192 e. The predicted molar refractivity (Wildman–Crippen MR) is 88.9 cm³/mol. The van der Waals surface area contributed by atoms with Crippen LogP contribution < -0.4 is 5.32 Å². The van der Waals surface area contributed by atoms with Gasteiger partial charge in [0.05, 0.1) is 0 Å². The third-order valence-corrected chi connectivity index (χ3v) is 4.04. The molecule has 0 saturated carbocycles. The molecular weight excluding hydrogens is 302 g/mol. The van der Waals surface area contributed by atoms with Crippen molar-refractivity contribution in [3.05, 3.63) is 46.7 Å². The smallest absolute Gasteiger partial charge is 0.192 e. The molecule has 21 heavy (non-hydrogen) atoms. The van der Waals surface area contributed by atoms with Crippen molar-refractivity contribution in [3.63, 3.8) is 0 Å². The Morgan fingerprint density at radius 1 is 1.24 bits per heavy atom. The fraction of sp³-hybridized carbons (Fsp3) is 0.375. The second kappa shape index (κ2) is 6.77. The highest BCUT2D eigenvalue weighted by Crippen LogP contribution is 2.30. The molecule has 0 aliphatic heterocycles. The van der Waals surface area contributed by atoms with Gasteiger partial charge in [-0.2, -0.15) is 0 Å². The van der Waals surface area contributed by atoms with Crippen LogP contribution >= 0.6 is 23.4 Å². The van der Waals surface area contributed by atoms with Crippen molar-refractivity contribution in [2.24, 2.45) is 0 Å². The zero-order valence-electron chi connectivity index (χ0n) is 12.8. The topological polar surface area (TPSA) is 37.8 Å². The lowest BCUT2D eigenvalue weighted by molar-refractivity contribution is 0.422. The number of aryl methyl sites for hydroxylation is 1. The SMILES string of the molecule is Cc1ccnc(Sc2ccc(Cl)cc2CNC(C)(C)C)n1. The summed E-state index contributed by atoms with van der Waals surface area (Å²) < 4.78 is 0. The van der Waals surface area contributed by atoms with E-state index in [1.807, 2.05) is 31.2 Å². The molecule has 2 rings (SSSR count). The van der Waals surface area contributed by atoms with Crippen molar-refractivity contribution in [1.82, 2.24) is 15.3 Å². The Bertz CT molecular complexity index is 623. The molecule has 0 spiro atoms. The first-order chi connectivity index (χ1) is 9.83. The number of rotatable bonds is 4. The summed E-state index contributed by atoms with van der Waals surface area (Å²) in [4.78, 5) is 9.87. The number of nitrogens with zero attached hydrogens (tertiary/aromatic N) is 2. The highest BCUT2D eigenvalue weighted by atomic mass is 35.5. The van der Waals surface area contributed by atoms with Crippen molar-refractivity contribution < 1.29 is 0 Å². The summed E-state index contributed by atoms with van der Waals surface area (Å²) >= 11 is 7.69. The molecule has 112 valence electrons. The van der Waals surface area contributed by atoms with E-state index >= 15 is 0 Å². The molecule has 0 bridgehead atoms. The maximum absolute atomic E-state index is 6.13. The minimum Gasteiger partial charge on any atom is -0.308 e. The van der Waals surface area contributed by atoms with Crippen LogP contribution in [-0.2, 0) is 6.54 Å². The summed E-state index contributed by atoms with van der Waals surface area (Å²) in [6, 6.07) is 7.82. The molecule has 0 unspecified atom stereocenters. The van der Waals surface area contributed by atoms with Crippen molar-refractivity contribution in [2.45, 2.75) is 49.8 Å². The molecule has 1 N–H and O–H groups in total. The van der Waals surface area contributed by atoms with Crippen molar-refractivity contribution in [1.29, 1.82) is 0 Å². The Hall–Kier alpha value is -1.10. The van der Waals surface area contributed by atoms with Crippen LogP contribution in [0.25, 0.3) is 0 Å². The Morgan fingerprint density at radius 3 is 2.67 bits per heavy atom. The van der Waals surface area contributed by atoms with E-state index in [9.17, 15) is 0 Å². The van der Waals surface area contributed by atoms with Gasteiger partial charge in [-0.15, -0.1) is 0 Å². The summed E-state index contributed by atoms with van der Waals surface area (Å²) in [6.07, 6.45) is 1.79. The number of hydrogen-bond donors (Lipinski definition) is 1. The first-order valence-electron chi connectivity index (χ1n) is 6.84. The van der Waals surface area contributed by atoms with Crippen molar-refractivity contribution in [3.8, 4) is 0 Å². The number of halogens is 1. The Labute approximate surface area is 135 Å². The molecule has 2 aromatic rings. The molecule has 0 amide bonds. The van der Waals surface area contributed by atoms with E-state index in [1.54, 1.807) is 18.0 Å². The van der Waals surface area contributed by atoms with E-state index in [2.05, 4.69) is 36.1 Å². The second-order valence-corrected chi connectivity index (χ2v) is 7.38. The van der Waals surface area contributed by atoms with Crippen LogP contribution in [0.15, 0.2) is 40.5 Å². The van der Waals surface area contributed by atoms with E-state index < -0.39 is 0 Å². The Balaban J connectivity index is 2.22. The molecule has 1 heterocycles. The molecule has 3 nitrogen and oxygen atoms in total. The molecule has 0 saturated heterocycles. The number of hydrogen-bond acceptors (Lipinski definition) is 4. The van der Waals surface area contributed by atoms with Gasteiger partial charge in [0.2, 0.25) is 0 Å². The van der Waals surface area contributed by atoms with Gasteiger partial charge in [-0.1, -0.05) is 11.6 Å². The first-order valence-corrected chi connectivity index (χ1v) is 8.04. The number of benzene rings is 1. The summed E-state index contributed by atoms with van der Waals surface area (Å²) in [5.74, 6) is 0. The Morgan fingerprint density at radius 2 is 2.00 bits per heavy atom. The fourth-order valence-corrected chi connectivity index (χ4v) is 2.81. The van der Waals surface area contributed by atoms with E-state index in [-0.39, 0.29) is 5.54 Å². The van der Waals surface area contributed by atoms with Crippen LogP contribution in [0.4, 0.5) is 0 Å². The van der Waals surface area contributed by atoms with E-state index in [0.717, 1.165) is 32.9 Å². The molecule has 0 atom stereocenters. The molecule has 1 aromatic heterocycles. The molecule has 0 fully saturated rings. The van der Waals surface area contributed by atoms with Gasteiger partial charge in [-0.3, -0.25) is 0 Å². The monoisotopic (exact) mass is 321 g/mol. The van der Waals surface area contributed by atoms with Crippen LogP contribution in [0.5, 0.6) is 0 Å². The Kier molecular flexibility index (Phi) is 5.25. The van der Waals surface area contributed by atoms with Gasteiger partial charge in [-0.25, -0.2) is 9.97 Å². The molecule has 5 heteroatoms. The molecule has 1 aromatic carbocycles. The minimum atomic E-state index is 0.0596. The lowest BCUT2D eigenvalue weighted by atomic mass is 10.1. The molecular formula is C16H20ClN3S. The predicted octanol–water partition coefficient (Wildman–Crippen LogP) is 4.48. The molecule has 0 radical (unpaired) electrons. The second-order valence-electron chi connectivity index (χ2n) is 5.94. The van der Waals surface area contributed by atoms with Crippen LogP contribution in [0.1, 0.15) is 32.0 Å². The van der Waals surface area contributed by atoms with Gasteiger partial charge in [-0.05, 0) is 69.3 Å².